The number of benzene rings is 1. The minimum atomic E-state index is -0.419. The first kappa shape index (κ1) is 14.3. The number of halogens is 1. The van der Waals surface area contributed by atoms with Gasteiger partial charge in [0.2, 0.25) is 5.91 Å². The van der Waals surface area contributed by atoms with Gasteiger partial charge < -0.3 is 15.1 Å². The standard InChI is InChI=1S/C14H13BrN2O3/c1-9-7-10(4-5-11(9)15)17-13(18)8-16-14(19)12-3-2-6-20-12/h2-7H,8H2,1H3,(H,16,19)(H,17,18). The van der Waals surface area contributed by atoms with E-state index in [0.717, 1.165) is 10.0 Å². The lowest BCUT2D eigenvalue weighted by atomic mass is 10.2. The minimum absolute atomic E-state index is 0.116. The van der Waals surface area contributed by atoms with E-state index in [0.29, 0.717) is 5.69 Å². The summed E-state index contributed by atoms with van der Waals surface area (Å²) in [6.45, 7) is 1.81. The van der Waals surface area contributed by atoms with Gasteiger partial charge in [-0.15, -0.1) is 0 Å². The fourth-order valence-electron chi connectivity index (χ4n) is 1.58. The summed E-state index contributed by atoms with van der Waals surface area (Å²) in [5.41, 5.74) is 1.70. The first-order chi connectivity index (χ1) is 9.56. The molecule has 0 saturated carbocycles. The summed E-state index contributed by atoms with van der Waals surface area (Å²) in [7, 11) is 0. The highest BCUT2D eigenvalue weighted by Crippen LogP contribution is 2.19. The Bertz CT molecular complexity index is 623. The Morgan fingerprint density at radius 1 is 1.30 bits per heavy atom. The van der Waals surface area contributed by atoms with Crippen LogP contribution in [0.5, 0.6) is 0 Å². The van der Waals surface area contributed by atoms with Crippen molar-refractivity contribution in [2.75, 3.05) is 11.9 Å². The summed E-state index contributed by atoms with van der Waals surface area (Å²) in [6, 6.07) is 8.62. The van der Waals surface area contributed by atoms with Gasteiger partial charge in [-0.1, -0.05) is 15.9 Å². The molecule has 0 saturated heterocycles. The summed E-state index contributed by atoms with van der Waals surface area (Å²) in [4.78, 5) is 23.3. The molecule has 0 fully saturated rings. The molecule has 0 aliphatic heterocycles. The van der Waals surface area contributed by atoms with E-state index in [2.05, 4.69) is 26.6 Å². The number of aryl methyl sites for hydroxylation is 1. The molecule has 2 rings (SSSR count). The molecule has 1 aromatic carbocycles. The van der Waals surface area contributed by atoms with Gasteiger partial charge in [-0.3, -0.25) is 9.59 Å². The largest absolute Gasteiger partial charge is 0.459 e. The van der Waals surface area contributed by atoms with Crippen molar-refractivity contribution in [2.45, 2.75) is 6.92 Å². The molecule has 1 aromatic heterocycles. The zero-order chi connectivity index (χ0) is 14.5. The van der Waals surface area contributed by atoms with Crippen molar-refractivity contribution in [1.82, 2.24) is 5.32 Å². The first-order valence-corrected chi connectivity index (χ1v) is 6.73. The average Bonchev–Trinajstić information content (AvgIpc) is 2.94. The van der Waals surface area contributed by atoms with Crippen molar-refractivity contribution in [1.29, 1.82) is 0 Å². The molecule has 0 aliphatic rings. The van der Waals surface area contributed by atoms with Crippen LogP contribution in [0.25, 0.3) is 0 Å². The molecule has 2 aromatic rings. The van der Waals surface area contributed by atoms with Crippen molar-refractivity contribution in [3.05, 3.63) is 52.4 Å². The van der Waals surface area contributed by atoms with Crippen LogP contribution in [0.15, 0.2) is 45.5 Å². The molecule has 0 bridgehead atoms. The Labute approximate surface area is 124 Å². The minimum Gasteiger partial charge on any atom is -0.459 e. The topological polar surface area (TPSA) is 71.3 Å². The van der Waals surface area contributed by atoms with Gasteiger partial charge in [0.05, 0.1) is 12.8 Å². The molecule has 5 nitrogen and oxygen atoms in total. The maximum Gasteiger partial charge on any atom is 0.287 e. The van der Waals surface area contributed by atoms with Crippen molar-refractivity contribution in [2.24, 2.45) is 0 Å². The molecule has 0 radical (unpaired) electrons. The number of carbonyl (C=O) groups excluding carboxylic acids is 2. The van der Waals surface area contributed by atoms with Crippen LogP contribution in [0.4, 0.5) is 5.69 Å². The van der Waals surface area contributed by atoms with Crippen LogP contribution in [0.3, 0.4) is 0 Å². The third-order valence-corrected chi connectivity index (χ3v) is 3.49. The zero-order valence-corrected chi connectivity index (χ0v) is 12.4. The highest BCUT2D eigenvalue weighted by molar-refractivity contribution is 9.10. The van der Waals surface area contributed by atoms with Crippen molar-refractivity contribution >= 4 is 33.4 Å². The summed E-state index contributed by atoms with van der Waals surface area (Å²) in [5, 5.41) is 5.18. The summed E-state index contributed by atoms with van der Waals surface area (Å²) < 4.78 is 5.90. The summed E-state index contributed by atoms with van der Waals surface area (Å²) in [5.74, 6) is -0.541. The van der Waals surface area contributed by atoms with E-state index < -0.39 is 5.91 Å². The van der Waals surface area contributed by atoms with Crippen LogP contribution in [0.1, 0.15) is 16.1 Å². The average molecular weight is 337 g/mol. The summed E-state index contributed by atoms with van der Waals surface area (Å²) >= 11 is 3.39. The third kappa shape index (κ3) is 3.71. The Balaban J connectivity index is 1.86. The predicted octanol–water partition coefficient (Wildman–Crippen LogP) is 2.72. The number of hydrogen-bond donors (Lipinski definition) is 2. The molecular formula is C14H13BrN2O3. The van der Waals surface area contributed by atoms with E-state index >= 15 is 0 Å². The summed E-state index contributed by atoms with van der Waals surface area (Å²) in [6.07, 6.45) is 1.40. The van der Waals surface area contributed by atoms with Crippen molar-refractivity contribution in [3.63, 3.8) is 0 Å². The highest BCUT2D eigenvalue weighted by atomic mass is 79.9. The fourth-order valence-corrected chi connectivity index (χ4v) is 1.83. The number of furan rings is 1. The normalized spacial score (nSPS) is 10.1. The second kappa shape index (κ2) is 6.38. The molecule has 0 spiro atoms. The van der Waals surface area contributed by atoms with Gasteiger partial charge in [-0.05, 0) is 42.8 Å². The number of rotatable bonds is 4. The van der Waals surface area contributed by atoms with E-state index in [1.807, 2.05) is 19.1 Å². The predicted molar refractivity (Wildman–Crippen MR) is 78.5 cm³/mol. The van der Waals surface area contributed by atoms with Crippen LogP contribution >= 0.6 is 15.9 Å². The van der Waals surface area contributed by atoms with Gasteiger partial charge in [0.1, 0.15) is 0 Å². The number of carbonyl (C=O) groups is 2. The number of anilines is 1. The van der Waals surface area contributed by atoms with Crippen LogP contribution in [0, 0.1) is 6.92 Å². The Hall–Kier alpha value is -2.08. The zero-order valence-electron chi connectivity index (χ0n) is 10.8. The lowest BCUT2D eigenvalue weighted by Gasteiger charge is -2.07. The second-order valence-corrected chi connectivity index (χ2v) is 5.03. The van der Waals surface area contributed by atoms with Gasteiger partial charge in [0, 0.05) is 10.2 Å². The molecule has 20 heavy (non-hydrogen) atoms. The molecule has 0 unspecified atom stereocenters. The number of hydrogen-bond acceptors (Lipinski definition) is 3. The van der Waals surface area contributed by atoms with Crippen LogP contribution in [-0.4, -0.2) is 18.4 Å². The van der Waals surface area contributed by atoms with Gasteiger partial charge in [-0.2, -0.15) is 0 Å². The Morgan fingerprint density at radius 3 is 2.75 bits per heavy atom. The van der Waals surface area contributed by atoms with E-state index in [9.17, 15) is 9.59 Å². The molecule has 104 valence electrons. The monoisotopic (exact) mass is 336 g/mol. The first-order valence-electron chi connectivity index (χ1n) is 5.94. The van der Waals surface area contributed by atoms with E-state index in [1.165, 1.54) is 12.3 Å². The van der Waals surface area contributed by atoms with Crippen molar-refractivity contribution in [3.8, 4) is 0 Å². The van der Waals surface area contributed by atoms with E-state index in [4.69, 9.17) is 4.42 Å². The molecule has 0 atom stereocenters. The smallest absolute Gasteiger partial charge is 0.287 e. The molecular weight excluding hydrogens is 324 g/mol. The fraction of sp³-hybridized carbons (Fsp3) is 0.143. The molecule has 1 heterocycles. The van der Waals surface area contributed by atoms with E-state index in [1.54, 1.807) is 12.1 Å². The van der Waals surface area contributed by atoms with Crippen LogP contribution < -0.4 is 10.6 Å². The van der Waals surface area contributed by atoms with Gasteiger partial charge in [0.25, 0.3) is 5.91 Å². The maximum atomic E-state index is 11.7. The quantitative estimate of drug-likeness (QED) is 0.901. The van der Waals surface area contributed by atoms with Crippen LogP contribution in [-0.2, 0) is 4.79 Å². The SMILES string of the molecule is Cc1cc(NC(=O)CNC(=O)c2ccco2)ccc1Br. The molecule has 0 aliphatic carbocycles. The number of nitrogens with one attached hydrogen (secondary N) is 2. The van der Waals surface area contributed by atoms with E-state index in [-0.39, 0.29) is 18.2 Å². The van der Waals surface area contributed by atoms with Crippen molar-refractivity contribution < 1.29 is 14.0 Å². The van der Waals surface area contributed by atoms with Gasteiger partial charge in [-0.25, -0.2) is 0 Å². The second-order valence-electron chi connectivity index (χ2n) is 4.17. The van der Waals surface area contributed by atoms with Gasteiger partial charge in [0.15, 0.2) is 5.76 Å². The lowest BCUT2D eigenvalue weighted by Crippen LogP contribution is -2.32. The van der Waals surface area contributed by atoms with Crippen LogP contribution in [0.2, 0.25) is 0 Å². The Morgan fingerprint density at radius 2 is 2.10 bits per heavy atom. The molecule has 2 amide bonds. The lowest BCUT2D eigenvalue weighted by molar-refractivity contribution is -0.115. The third-order valence-electron chi connectivity index (χ3n) is 2.60. The highest BCUT2D eigenvalue weighted by Gasteiger charge is 2.10. The number of amides is 2. The Kier molecular flexibility index (Phi) is 4.57. The maximum absolute atomic E-state index is 11.7. The molecule has 2 N–H and O–H groups in total. The van der Waals surface area contributed by atoms with Gasteiger partial charge >= 0.3 is 0 Å². The molecule has 6 heteroatoms.